The number of rotatable bonds is 7. The van der Waals surface area contributed by atoms with Crippen molar-refractivity contribution in [2.75, 3.05) is 32.9 Å². The number of ether oxygens (including phenoxy) is 2. The minimum Gasteiger partial charge on any atom is -0.489 e. The summed E-state index contributed by atoms with van der Waals surface area (Å²) in [6.07, 6.45) is 0.485. The number of nitrogens with one attached hydrogen (secondary N) is 1. The zero-order chi connectivity index (χ0) is 14.2. The van der Waals surface area contributed by atoms with Gasteiger partial charge in [0.05, 0.1) is 12.2 Å². The van der Waals surface area contributed by atoms with E-state index in [9.17, 15) is 5.11 Å². The third-order valence-corrected chi connectivity index (χ3v) is 3.28. The van der Waals surface area contributed by atoms with E-state index in [0.29, 0.717) is 23.8 Å². The summed E-state index contributed by atoms with van der Waals surface area (Å²) in [7, 11) is 0. The van der Waals surface area contributed by atoms with Gasteiger partial charge >= 0.3 is 0 Å². The summed E-state index contributed by atoms with van der Waals surface area (Å²) >= 11 is 0. The number of para-hydroxylation sites is 1. The maximum Gasteiger partial charge on any atom is 0.137 e. The highest BCUT2D eigenvalue weighted by Crippen LogP contribution is 2.16. The molecule has 1 aliphatic heterocycles. The van der Waals surface area contributed by atoms with Gasteiger partial charge in [-0.05, 0) is 24.5 Å². The molecule has 2 unspecified atom stereocenters. The van der Waals surface area contributed by atoms with Crippen LogP contribution in [-0.2, 0) is 4.74 Å². The third kappa shape index (κ3) is 4.49. The number of benzene rings is 1. The molecule has 1 heterocycles. The van der Waals surface area contributed by atoms with Crippen LogP contribution in [0.4, 0.5) is 0 Å². The SMILES string of the molecule is N#Cc1ccccc1OCC(O)CNCC1CCOC1. The second kappa shape index (κ2) is 7.85. The molecule has 0 aromatic heterocycles. The first-order valence-electron chi connectivity index (χ1n) is 6.88. The van der Waals surface area contributed by atoms with E-state index < -0.39 is 6.10 Å². The minimum atomic E-state index is -0.593. The molecule has 0 aliphatic carbocycles. The molecule has 1 fully saturated rings. The van der Waals surface area contributed by atoms with Crippen molar-refractivity contribution in [1.82, 2.24) is 5.32 Å². The highest BCUT2D eigenvalue weighted by Gasteiger charge is 2.15. The van der Waals surface area contributed by atoms with Gasteiger partial charge in [-0.25, -0.2) is 0 Å². The number of aliphatic hydroxyl groups excluding tert-OH is 1. The Kier molecular flexibility index (Phi) is 5.81. The quantitative estimate of drug-likeness (QED) is 0.775. The van der Waals surface area contributed by atoms with Crippen molar-refractivity contribution in [3.05, 3.63) is 29.8 Å². The fraction of sp³-hybridized carbons (Fsp3) is 0.533. The lowest BCUT2D eigenvalue weighted by atomic mass is 10.1. The molecule has 1 saturated heterocycles. The third-order valence-electron chi connectivity index (χ3n) is 3.28. The van der Waals surface area contributed by atoms with Crippen molar-refractivity contribution in [2.45, 2.75) is 12.5 Å². The van der Waals surface area contributed by atoms with E-state index in [2.05, 4.69) is 11.4 Å². The lowest BCUT2D eigenvalue weighted by molar-refractivity contribution is 0.105. The van der Waals surface area contributed by atoms with Crippen LogP contribution in [0.2, 0.25) is 0 Å². The lowest BCUT2D eigenvalue weighted by Gasteiger charge is -2.15. The average molecular weight is 276 g/mol. The van der Waals surface area contributed by atoms with Gasteiger partial charge in [-0.1, -0.05) is 12.1 Å². The van der Waals surface area contributed by atoms with Gasteiger partial charge in [0.2, 0.25) is 0 Å². The number of hydrogen-bond acceptors (Lipinski definition) is 5. The number of nitriles is 1. The molecule has 0 bridgehead atoms. The van der Waals surface area contributed by atoms with E-state index in [1.165, 1.54) is 0 Å². The predicted octanol–water partition coefficient (Wildman–Crippen LogP) is 0.924. The Morgan fingerprint density at radius 3 is 3.10 bits per heavy atom. The summed E-state index contributed by atoms with van der Waals surface area (Å²) < 4.78 is 10.8. The molecule has 1 aromatic carbocycles. The number of nitrogens with zero attached hydrogens (tertiary/aromatic N) is 1. The van der Waals surface area contributed by atoms with E-state index in [-0.39, 0.29) is 6.61 Å². The Balaban J connectivity index is 1.66. The Morgan fingerprint density at radius 2 is 2.35 bits per heavy atom. The van der Waals surface area contributed by atoms with E-state index in [1.54, 1.807) is 24.3 Å². The van der Waals surface area contributed by atoms with Crippen molar-refractivity contribution in [3.63, 3.8) is 0 Å². The predicted molar refractivity (Wildman–Crippen MR) is 74.5 cm³/mol. The molecular weight excluding hydrogens is 256 g/mol. The van der Waals surface area contributed by atoms with E-state index in [4.69, 9.17) is 14.7 Å². The molecule has 1 aromatic rings. The fourth-order valence-electron chi connectivity index (χ4n) is 2.13. The van der Waals surface area contributed by atoms with Crippen LogP contribution >= 0.6 is 0 Å². The van der Waals surface area contributed by atoms with Crippen LogP contribution in [0, 0.1) is 17.2 Å². The van der Waals surface area contributed by atoms with Crippen molar-refractivity contribution in [1.29, 1.82) is 5.26 Å². The van der Waals surface area contributed by atoms with Crippen LogP contribution in [0.25, 0.3) is 0 Å². The van der Waals surface area contributed by atoms with Gasteiger partial charge in [0.25, 0.3) is 0 Å². The van der Waals surface area contributed by atoms with E-state index in [0.717, 1.165) is 26.2 Å². The number of hydrogen-bond donors (Lipinski definition) is 2. The second-order valence-corrected chi connectivity index (χ2v) is 4.96. The minimum absolute atomic E-state index is 0.173. The summed E-state index contributed by atoms with van der Waals surface area (Å²) in [4.78, 5) is 0. The van der Waals surface area contributed by atoms with Crippen LogP contribution < -0.4 is 10.1 Å². The Bertz CT molecular complexity index is 453. The molecule has 5 heteroatoms. The normalized spacial score (nSPS) is 19.5. The Labute approximate surface area is 119 Å². The second-order valence-electron chi connectivity index (χ2n) is 4.96. The van der Waals surface area contributed by atoms with Gasteiger partial charge in [-0.2, -0.15) is 5.26 Å². The van der Waals surface area contributed by atoms with Crippen LogP contribution in [0.1, 0.15) is 12.0 Å². The molecule has 5 nitrogen and oxygen atoms in total. The summed E-state index contributed by atoms with van der Waals surface area (Å²) in [6.45, 7) is 3.14. The average Bonchev–Trinajstić information content (AvgIpc) is 2.98. The first-order chi connectivity index (χ1) is 9.79. The van der Waals surface area contributed by atoms with Crippen LogP contribution in [0.15, 0.2) is 24.3 Å². The largest absolute Gasteiger partial charge is 0.489 e. The van der Waals surface area contributed by atoms with Crippen LogP contribution in [0.5, 0.6) is 5.75 Å². The smallest absolute Gasteiger partial charge is 0.137 e. The molecule has 20 heavy (non-hydrogen) atoms. The highest BCUT2D eigenvalue weighted by molar-refractivity contribution is 5.42. The lowest BCUT2D eigenvalue weighted by Crippen LogP contribution is -2.34. The fourth-order valence-corrected chi connectivity index (χ4v) is 2.13. The van der Waals surface area contributed by atoms with Gasteiger partial charge in [0, 0.05) is 19.7 Å². The zero-order valence-corrected chi connectivity index (χ0v) is 11.4. The highest BCUT2D eigenvalue weighted by atomic mass is 16.5. The zero-order valence-electron chi connectivity index (χ0n) is 11.4. The molecular formula is C15H20N2O3. The molecule has 2 atom stereocenters. The Morgan fingerprint density at radius 1 is 1.50 bits per heavy atom. The van der Waals surface area contributed by atoms with Gasteiger partial charge in [-0.3, -0.25) is 0 Å². The van der Waals surface area contributed by atoms with Crippen LogP contribution in [0.3, 0.4) is 0 Å². The topological polar surface area (TPSA) is 74.5 Å². The molecule has 0 saturated carbocycles. The summed E-state index contributed by atoms with van der Waals surface area (Å²) in [6, 6.07) is 9.08. The molecule has 0 spiro atoms. The maximum absolute atomic E-state index is 9.85. The monoisotopic (exact) mass is 276 g/mol. The molecule has 0 amide bonds. The summed E-state index contributed by atoms with van der Waals surface area (Å²) in [5.41, 5.74) is 0.482. The summed E-state index contributed by atoms with van der Waals surface area (Å²) in [5.74, 6) is 1.06. The molecule has 1 aliphatic rings. The molecule has 0 radical (unpaired) electrons. The van der Waals surface area contributed by atoms with Crippen molar-refractivity contribution in [2.24, 2.45) is 5.92 Å². The van der Waals surface area contributed by atoms with Gasteiger partial charge in [0.1, 0.15) is 24.5 Å². The maximum atomic E-state index is 9.85. The van der Waals surface area contributed by atoms with E-state index >= 15 is 0 Å². The molecule has 2 N–H and O–H groups in total. The van der Waals surface area contributed by atoms with Crippen LogP contribution in [-0.4, -0.2) is 44.1 Å². The van der Waals surface area contributed by atoms with Gasteiger partial charge in [-0.15, -0.1) is 0 Å². The van der Waals surface area contributed by atoms with E-state index in [1.807, 2.05) is 0 Å². The standard InChI is InChI=1S/C15H20N2O3/c16-7-13-3-1-2-4-15(13)20-11-14(18)9-17-8-12-5-6-19-10-12/h1-4,12,14,17-18H,5-6,8-11H2. The van der Waals surface area contributed by atoms with Gasteiger partial charge < -0.3 is 19.9 Å². The molecule has 2 rings (SSSR count). The first kappa shape index (κ1) is 14.8. The Hall–Kier alpha value is -1.61. The summed E-state index contributed by atoms with van der Waals surface area (Å²) in [5, 5.41) is 22.0. The first-order valence-corrected chi connectivity index (χ1v) is 6.88. The van der Waals surface area contributed by atoms with Gasteiger partial charge in [0.15, 0.2) is 0 Å². The van der Waals surface area contributed by atoms with Crippen molar-refractivity contribution >= 4 is 0 Å². The van der Waals surface area contributed by atoms with Crippen molar-refractivity contribution in [3.8, 4) is 11.8 Å². The van der Waals surface area contributed by atoms with Crippen molar-refractivity contribution < 1.29 is 14.6 Å². The number of aliphatic hydroxyl groups is 1. The molecule has 108 valence electrons.